The van der Waals surface area contributed by atoms with Crippen molar-refractivity contribution < 1.29 is 0 Å². The number of allylic oxidation sites excluding steroid dienone is 8. The molecule has 0 rings (SSSR count). The lowest BCUT2D eigenvalue weighted by molar-refractivity contribution is 0.672. The van der Waals surface area contributed by atoms with Gasteiger partial charge in [0.1, 0.15) is 0 Å². The molecule has 0 bridgehead atoms. The number of halogens is 2. The summed E-state index contributed by atoms with van der Waals surface area (Å²) in [7, 11) is 0. The normalized spacial score (nSPS) is 12.5. The Morgan fingerprint density at radius 3 is 0.875 bits per heavy atom. The van der Waals surface area contributed by atoms with Crippen molar-refractivity contribution in [2.24, 2.45) is 11.8 Å². The third-order valence-corrected chi connectivity index (χ3v) is 2.10. The van der Waals surface area contributed by atoms with Gasteiger partial charge in [0, 0.05) is 49.1 Å². The van der Waals surface area contributed by atoms with Crippen LogP contribution in [0.1, 0.15) is 27.7 Å². The highest BCUT2D eigenvalue weighted by atomic mass is 128. The maximum absolute atomic E-state index is 2.24. The molecule has 0 aliphatic heterocycles. The quantitative estimate of drug-likeness (QED) is 0.345. The summed E-state index contributed by atoms with van der Waals surface area (Å²) < 4.78 is 0. The molecule has 16 heavy (non-hydrogen) atoms. The van der Waals surface area contributed by atoms with Crippen molar-refractivity contribution in [3.63, 3.8) is 0 Å². The monoisotopic (exact) mass is 444 g/mol. The zero-order valence-corrected chi connectivity index (χ0v) is 14.8. The van der Waals surface area contributed by atoms with Crippen LogP contribution in [-0.2, 0) is 0 Å². The molecule has 0 saturated heterocycles. The molecule has 0 amide bonds. The average molecular weight is 444 g/mol. The van der Waals surface area contributed by atoms with Crippen molar-refractivity contribution in [2.75, 3.05) is 0 Å². The molecule has 0 aliphatic rings. The molecule has 0 nitrogen and oxygen atoms in total. The number of hydrogen-bond donors (Lipinski definition) is 0. The van der Waals surface area contributed by atoms with Crippen LogP contribution in [0.4, 0.5) is 0 Å². The van der Waals surface area contributed by atoms with E-state index in [4.69, 9.17) is 0 Å². The summed E-state index contributed by atoms with van der Waals surface area (Å²) in [4.78, 5) is 0. The molecule has 0 heterocycles. The van der Waals surface area contributed by atoms with E-state index in [0.717, 1.165) is 0 Å². The van der Waals surface area contributed by atoms with Crippen molar-refractivity contribution in [3.8, 4) is 0 Å². The first kappa shape index (κ1) is 18.8. The van der Waals surface area contributed by atoms with Crippen LogP contribution in [0.5, 0.6) is 0 Å². The zero-order valence-electron chi connectivity index (χ0n) is 10.5. The van der Waals surface area contributed by atoms with Gasteiger partial charge in [-0.2, -0.15) is 0 Å². The molecule has 0 radical (unpaired) electrons. The molecule has 92 valence electrons. The van der Waals surface area contributed by atoms with Gasteiger partial charge in [0.2, 0.25) is 0 Å². The van der Waals surface area contributed by atoms with Crippen LogP contribution in [0.3, 0.4) is 0 Å². The lowest BCUT2D eigenvalue weighted by Gasteiger charge is -2.14. The van der Waals surface area contributed by atoms with E-state index in [1.54, 1.807) is 0 Å². The van der Waals surface area contributed by atoms with Crippen molar-refractivity contribution in [1.82, 2.24) is 0 Å². The molecule has 0 unspecified atom stereocenters. The van der Waals surface area contributed by atoms with Crippen LogP contribution < -0.4 is 0 Å². The summed E-state index contributed by atoms with van der Waals surface area (Å²) in [5.74, 6) is 0.967. The van der Waals surface area contributed by atoms with Crippen molar-refractivity contribution in [2.45, 2.75) is 27.7 Å². The van der Waals surface area contributed by atoms with Gasteiger partial charge in [0.15, 0.2) is 0 Å². The van der Waals surface area contributed by atoms with Crippen LogP contribution in [0.25, 0.3) is 0 Å². The third kappa shape index (κ3) is 9.63. The Bertz CT molecular complexity index is 187. The van der Waals surface area contributed by atoms with Crippen molar-refractivity contribution in [1.29, 1.82) is 0 Å². The van der Waals surface area contributed by atoms with E-state index in [2.05, 4.69) is 114 Å². The first-order valence-corrected chi connectivity index (χ1v) is 11.7. The van der Waals surface area contributed by atoms with Crippen molar-refractivity contribution in [3.05, 3.63) is 48.6 Å². The largest absolute Gasteiger partial charge is 0.0910 e. The SMILES string of the molecule is C/C=C/C(/C=C/C)C(/C=C/C)/C=C/C.II. The molecule has 0 atom stereocenters. The van der Waals surface area contributed by atoms with Gasteiger partial charge in [0.25, 0.3) is 0 Å². The molecule has 0 aromatic carbocycles. The average Bonchev–Trinajstić information content (AvgIpc) is 2.31. The second-order valence-corrected chi connectivity index (χ2v) is 3.26. The fourth-order valence-corrected chi connectivity index (χ4v) is 1.53. The van der Waals surface area contributed by atoms with Crippen LogP contribution in [0.2, 0.25) is 0 Å². The lowest BCUT2D eigenvalue weighted by atomic mass is 9.90. The molecule has 0 saturated carbocycles. The van der Waals surface area contributed by atoms with E-state index in [9.17, 15) is 0 Å². The molecular formula is C14H22I2. The van der Waals surface area contributed by atoms with E-state index < -0.39 is 0 Å². The standard InChI is InChI=1S/C14H22.I2/c1-5-9-13(10-6-2)14(11-7-3)12-8-4;1-2/h5-14H,1-4H3;/b9-5+,10-6+,11-7+,12-8+;. The minimum absolute atomic E-state index is 0.484. The highest BCUT2D eigenvalue weighted by Crippen LogP contribution is 2.18. The van der Waals surface area contributed by atoms with Gasteiger partial charge in [-0.05, 0) is 27.7 Å². The maximum atomic E-state index is 2.24. The van der Waals surface area contributed by atoms with Gasteiger partial charge in [-0.15, -0.1) is 0 Å². The highest BCUT2D eigenvalue weighted by molar-refractivity contribution is 15.0. The fraction of sp³-hybridized carbons (Fsp3) is 0.429. The van der Waals surface area contributed by atoms with Gasteiger partial charge in [0.05, 0.1) is 0 Å². The Hall–Kier alpha value is 0.420. The molecule has 0 aromatic rings. The second kappa shape index (κ2) is 15.4. The molecular weight excluding hydrogens is 422 g/mol. The van der Waals surface area contributed by atoms with Gasteiger partial charge in [-0.25, -0.2) is 0 Å². The van der Waals surface area contributed by atoms with E-state index in [-0.39, 0.29) is 0 Å². The molecule has 0 aliphatic carbocycles. The first-order valence-electron chi connectivity index (χ1n) is 5.45. The molecule has 0 fully saturated rings. The van der Waals surface area contributed by atoms with Gasteiger partial charge in [-0.1, -0.05) is 48.6 Å². The summed E-state index contributed by atoms with van der Waals surface area (Å²) in [5.41, 5.74) is 0. The molecule has 0 aromatic heterocycles. The van der Waals surface area contributed by atoms with E-state index in [1.807, 2.05) is 0 Å². The lowest BCUT2D eigenvalue weighted by Crippen LogP contribution is -2.04. The predicted molar refractivity (Wildman–Crippen MR) is 94.3 cm³/mol. The Morgan fingerprint density at radius 1 is 0.562 bits per heavy atom. The Kier molecular flexibility index (Phi) is 18.1. The summed E-state index contributed by atoms with van der Waals surface area (Å²) in [5, 5.41) is 0. The summed E-state index contributed by atoms with van der Waals surface area (Å²) >= 11 is 4.24. The topological polar surface area (TPSA) is 0 Å². The number of hydrogen-bond acceptors (Lipinski definition) is 0. The maximum Gasteiger partial charge on any atom is 0.00439 e. The first-order chi connectivity index (χ1) is 7.79. The Morgan fingerprint density at radius 2 is 0.750 bits per heavy atom. The minimum Gasteiger partial charge on any atom is -0.0910 e. The van der Waals surface area contributed by atoms with E-state index >= 15 is 0 Å². The number of rotatable bonds is 5. The van der Waals surface area contributed by atoms with Gasteiger partial charge in [-0.3, -0.25) is 0 Å². The third-order valence-electron chi connectivity index (χ3n) is 2.10. The fourth-order valence-electron chi connectivity index (χ4n) is 1.53. The van der Waals surface area contributed by atoms with Crippen LogP contribution >= 0.6 is 37.2 Å². The molecule has 2 heteroatoms. The summed E-state index contributed by atoms with van der Waals surface area (Å²) in [6.45, 7) is 8.27. The summed E-state index contributed by atoms with van der Waals surface area (Å²) in [6.07, 6.45) is 17.4. The zero-order chi connectivity index (χ0) is 12.8. The van der Waals surface area contributed by atoms with Gasteiger partial charge >= 0.3 is 0 Å². The van der Waals surface area contributed by atoms with Crippen LogP contribution in [-0.4, -0.2) is 0 Å². The minimum atomic E-state index is 0.484. The second-order valence-electron chi connectivity index (χ2n) is 3.26. The smallest absolute Gasteiger partial charge is 0.00439 e. The van der Waals surface area contributed by atoms with E-state index in [1.165, 1.54) is 0 Å². The summed E-state index contributed by atoms with van der Waals surface area (Å²) in [6, 6.07) is 0. The van der Waals surface area contributed by atoms with Gasteiger partial charge < -0.3 is 0 Å². The Labute approximate surface area is 124 Å². The predicted octanol–water partition coefficient (Wildman–Crippen LogP) is 6.29. The van der Waals surface area contributed by atoms with E-state index in [0.29, 0.717) is 11.8 Å². The Balaban J connectivity index is 0. The highest BCUT2D eigenvalue weighted by Gasteiger charge is 2.08. The van der Waals surface area contributed by atoms with Crippen molar-refractivity contribution >= 4 is 37.2 Å². The van der Waals surface area contributed by atoms with Crippen LogP contribution in [0.15, 0.2) is 48.6 Å². The van der Waals surface area contributed by atoms with Crippen LogP contribution in [0, 0.1) is 11.8 Å². The molecule has 0 N–H and O–H groups in total. The molecule has 0 spiro atoms.